The Morgan fingerprint density at radius 2 is 1.22 bits per heavy atom. The Balaban J connectivity index is 1.37. The van der Waals surface area contributed by atoms with E-state index < -0.39 is 6.04 Å². The average Bonchev–Trinajstić information content (AvgIpc) is 3.58. The largest absolute Gasteiger partial charge is 0.489 e. The summed E-state index contributed by atoms with van der Waals surface area (Å²) in [5.74, 6) is 1.12. The highest BCUT2D eigenvalue weighted by Gasteiger charge is 2.34. The molecule has 1 aliphatic heterocycles. The normalized spacial score (nSPS) is 13.4. The third kappa shape index (κ3) is 7.98. The molecule has 2 amide bonds. The highest BCUT2D eigenvalue weighted by atomic mass is 16.5. The fraction of sp³-hybridized carbons (Fsp3) is 0.257. The second-order valence-corrected chi connectivity index (χ2v) is 10.3. The van der Waals surface area contributed by atoms with Gasteiger partial charge in [-0.05, 0) is 53.8 Å². The molecule has 1 heterocycles. The number of hydrogen-bond donors (Lipinski definition) is 0. The van der Waals surface area contributed by atoms with Crippen molar-refractivity contribution in [2.45, 2.75) is 38.5 Å². The second kappa shape index (κ2) is 14.2. The molecule has 4 aromatic carbocycles. The first-order valence-corrected chi connectivity index (χ1v) is 14.2. The third-order valence-electron chi connectivity index (χ3n) is 7.30. The molecule has 1 saturated heterocycles. The van der Waals surface area contributed by atoms with Crippen molar-refractivity contribution < 1.29 is 19.1 Å². The molecule has 41 heavy (non-hydrogen) atoms. The van der Waals surface area contributed by atoms with Crippen LogP contribution in [-0.4, -0.2) is 47.4 Å². The topological polar surface area (TPSA) is 59.1 Å². The van der Waals surface area contributed by atoms with E-state index in [9.17, 15) is 9.59 Å². The Morgan fingerprint density at radius 1 is 0.659 bits per heavy atom. The summed E-state index contributed by atoms with van der Waals surface area (Å²) in [6.07, 6.45) is 2.41. The quantitative estimate of drug-likeness (QED) is 0.221. The van der Waals surface area contributed by atoms with Crippen molar-refractivity contribution in [2.24, 2.45) is 0 Å². The van der Waals surface area contributed by atoms with Crippen LogP contribution in [0.15, 0.2) is 115 Å². The smallest absolute Gasteiger partial charge is 0.261 e. The Hall–Kier alpha value is -4.58. The number of ether oxygens (including phenoxy) is 2. The van der Waals surface area contributed by atoms with Crippen molar-refractivity contribution in [3.63, 3.8) is 0 Å². The number of benzene rings is 4. The maximum atomic E-state index is 13.9. The SMILES string of the molecule is O=C(C(Cc1ccccc1)N(Cc1ccc(OCc2ccccc2)cc1)C(=O)COc1ccccc1)N1CCCC1. The predicted octanol–water partition coefficient (Wildman–Crippen LogP) is 5.91. The Kier molecular flexibility index (Phi) is 9.67. The molecule has 1 atom stereocenters. The molecule has 0 aromatic heterocycles. The van der Waals surface area contributed by atoms with E-state index in [0.29, 0.717) is 18.8 Å². The van der Waals surface area contributed by atoms with Gasteiger partial charge in [0.2, 0.25) is 5.91 Å². The number of carbonyl (C=O) groups excluding carboxylic acids is 2. The first-order valence-electron chi connectivity index (χ1n) is 14.2. The van der Waals surface area contributed by atoms with Gasteiger partial charge in [0, 0.05) is 26.1 Å². The van der Waals surface area contributed by atoms with E-state index in [1.54, 1.807) is 4.90 Å². The van der Waals surface area contributed by atoms with Crippen LogP contribution in [0.25, 0.3) is 0 Å². The minimum Gasteiger partial charge on any atom is -0.489 e. The summed E-state index contributed by atoms with van der Waals surface area (Å²) in [6, 6.07) is 36.3. The van der Waals surface area contributed by atoms with Gasteiger partial charge in [-0.1, -0.05) is 91.0 Å². The zero-order chi connectivity index (χ0) is 28.3. The lowest BCUT2D eigenvalue weighted by molar-refractivity contribution is -0.147. The number of nitrogens with zero attached hydrogens (tertiary/aromatic N) is 2. The minimum absolute atomic E-state index is 0.0118. The van der Waals surface area contributed by atoms with Gasteiger partial charge in [0.25, 0.3) is 5.91 Å². The van der Waals surface area contributed by atoms with Crippen molar-refractivity contribution in [2.75, 3.05) is 19.7 Å². The number of para-hydroxylation sites is 1. The van der Waals surface area contributed by atoms with Crippen LogP contribution in [-0.2, 0) is 29.2 Å². The lowest BCUT2D eigenvalue weighted by Gasteiger charge is -2.34. The molecule has 0 N–H and O–H groups in total. The van der Waals surface area contributed by atoms with Crippen LogP contribution in [0.4, 0.5) is 0 Å². The van der Waals surface area contributed by atoms with E-state index in [4.69, 9.17) is 9.47 Å². The van der Waals surface area contributed by atoms with E-state index in [0.717, 1.165) is 48.4 Å². The number of amides is 2. The molecule has 6 nitrogen and oxygen atoms in total. The highest BCUT2D eigenvalue weighted by molar-refractivity contribution is 5.88. The van der Waals surface area contributed by atoms with Crippen molar-refractivity contribution in [3.8, 4) is 11.5 Å². The van der Waals surface area contributed by atoms with Crippen molar-refractivity contribution in [1.82, 2.24) is 9.80 Å². The summed E-state index contributed by atoms with van der Waals surface area (Å²) in [5.41, 5.74) is 3.02. The van der Waals surface area contributed by atoms with Gasteiger partial charge >= 0.3 is 0 Å². The van der Waals surface area contributed by atoms with Crippen LogP contribution >= 0.6 is 0 Å². The molecule has 6 heteroatoms. The maximum absolute atomic E-state index is 13.9. The van der Waals surface area contributed by atoms with Gasteiger partial charge in [-0.25, -0.2) is 0 Å². The van der Waals surface area contributed by atoms with Gasteiger partial charge in [0.1, 0.15) is 24.1 Å². The molecule has 1 unspecified atom stereocenters. The summed E-state index contributed by atoms with van der Waals surface area (Å²) in [6.45, 7) is 2.05. The van der Waals surface area contributed by atoms with Crippen LogP contribution in [0, 0.1) is 0 Å². The predicted molar refractivity (Wildman–Crippen MR) is 159 cm³/mol. The standard InChI is InChI=1S/C35H36N2O4/c38-34(27-41-31-16-8-3-9-17-31)37(25-29-18-20-32(21-19-29)40-26-30-14-6-2-7-15-30)33(24-28-12-4-1-5-13-28)35(39)36-22-10-11-23-36/h1-9,12-21,33H,10-11,22-27H2. The van der Waals surface area contributed by atoms with Gasteiger partial charge in [-0.3, -0.25) is 9.59 Å². The molecule has 0 spiro atoms. The molecule has 1 aliphatic rings. The van der Waals surface area contributed by atoms with Crippen LogP contribution in [0.5, 0.6) is 11.5 Å². The molecule has 1 fully saturated rings. The Bertz CT molecular complexity index is 1370. The first-order chi connectivity index (χ1) is 20.2. The highest BCUT2D eigenvalue weighted by Crippen LogP contribution is 2.21. The summed E-state index contributed by atoms with van der Waals surface area (Å²) >= 11 is 0. The van der Waals surface area contributed by atoms with Crippen LogP contribution < -0.4 is 9.47 Å². The molecule has 210 valence electrons. The summed E-state index contributed by atoms with van der Waals surface area (Å²) in [7, 11) is 0. The summed E-state index contributed by atoms with van der Waals surface area (Å²) < 4.78 is 11.8. The maximum Gasteiger partial charge on any atom is 0.261 e. The first kappa shape index (κ1) is 28.0. The number of rotatable bonds is 12. The van der Waals surface area contributed by atoms with Gasteiger partial charge in [0.05, 0.1) is 0 Å². The van der Waals surface area contributed by atoms with Crippen LogP contribution in [0.2, 0.25) is 0 Å². The van der Waals surface area contributed by atoms with Gasteiger partial charge in [-0.15, -0.1) is 0 Å². The number of carbonyl (C=O) groups is 2. The van der Waals surface area contributed by atoms with Gasteiger partial charge in [-0.2, -0.15) is 0 Å². The Labute approximate surface area is 242 Å². The molecule has 4 aromatic rings. The number of likely N-dealkylation sites (tertiary alicyclic amines) is 1. The van der Waals surface area contributed by atoms with Crippen molar-refractivity contribution in [3.05, 3.63) is 132 Å². The third-order valence-corrected chi connectivity index (χ3v) is 7.30. The summed E-state index contributed by atoms with van der Waals surface area (Å²) in [4.78, 5) is 31.3. The van der Waals surface area contributed by atoms with E-state index in [-0.39, 0.29) is 25.0 Å². The molecule has 0 aliphatic carbocycles. The van der Waals surface area contributed by atoms with E-state index in [2.05, 4.69) is 0 Å². The molecular weight excluding hydrogens is 512 g/mol. The monoisotopic (exact) mass is 548 g/mol. The Morgan fingerprint density at radius 3 is 1.85 bits per heavy atom. The molecular formula is C35H36N2O4. The lowest BCUT2D eigenvalue weighted by atomic mass is 10.0. The van der Waals surface area contributed by atoms with Crippen LogP contribution in [0.1, 0.15) is 29.5 Å². The fourth-order valence-electron chi connectivity index (χ4n) is 5.06. The molecule has 5 rings (SSSR count). The molecule has 0 saturated carbocycles. The van der Waals surface area contributed by atoms with E-state index >= 15 is 0 Å². The zero-order valence-electron chi connectivity index (χ0n) is 23.2. The lowest BCUT2D eigenvalue weighted by Crippen LogP contribution is -2.52. The average molecular weight is 549 g/mol. The summed E-state index contributed by atoms with van der Waals surface area (Å²) in [5, 5.41) is 0. The molecule has 0 radical (unpaired) electrons. The van der Waals surface area contributed by atoms with Gasteiger partial charge in [0.15, 0.2) is 6.61 Å². The van der Waals surface area contributed by atoms with E-state index in [1.165, 1.54) is 0 Å². The van der Waals surface area contributed by atoms with Crippen molar-refractivity contribution >= 4 is 11.8 Å². The second-order valence-electron chi connectivity index (χ2n) is 10.3. The van der Waals surface area contributed by atoms with Crippen LogP contribution in [0.3, 0.4) is 0 Å². The molecule has 0 bridgehead atoms. The fourth-order valence-corrected chi connectivity index (χ4v) is 5.06. The van der Waals surface area contributed by atoms with Crippen molar-refractivity contribution in [1.29, 1.82) is 0 Å². The number of hydrogen-bond acceptors (Lipinski definition) is 4. The van der Waals surface area contributed by atoms with E-state index in [1.807, 2.05) is 120 Å². The van der Waals surface area contributed by atoms with Gasteiger partial charge < -0.3 is 19.3 Å². The zero-order valence-corrected chi connectivity index (χ0v) is 23.2. The minimum atomic E-state index is -0.642.